The van der Waals surface area contributed by atoms with Crippen molar-refractivity contribution in [2.24, 2.45) is 0 Å². The molecule has 1 aliphatic heterocycles. The smallest absolute Gasteiger partial charge is 0.331 e. The topological polar surface area (TPSA) is 72.0 Å². The Labute approximate surface area is 79.1 Å². The molecule has 3 N–H and O–H groups in total. The average molecular weight is 212 g/mol. The van der Waals surface area contributed by atoms with Crippen molar-refractivity contribution in [2.45, 2.75) is 6.04 Å². The van der Waals surface area contributed by atoms with Gasteiger partial charge in [-0.25, -0.2) is 4.79 Å². The third-order valence-corrected chi connectivity index (χ3v) is 1.79. The zero-order chi connectivity index (χ0) is 8.43. The highest BCUT2D eigenvalue weighted by molar-refractivity contribution is 6.31. The molecule has 0 saturated heterocycles. The van der Waals surface area contributed by atoms with Crippen LogP contribution in [0, 0.1) is 0 Å². The van der Waals surface area contributed by atoms with E-state index in [9.17, 15) is 4.79 Å². The summed E-state index contributed by atoms with van der Waals surface area (Å²) in [6, 6.07) is -0.867. The van der Waals surface area contributed by atoms with Gasteiger partial charge in [-0.1, -0.05) is 11.6 Å². The van der Waals surface area contributed by atoms with Crippen molar-refractivity contribution in [2.75, 3.05) is 0 Å². The number of allylic oxidation sites excluding steroid dienone is 2. The Morgan fingerprint density at radius 3 is 2.67 bits per heavy atom. The molecule has 0 aromatic carbocycles. The molecule has 0 bridgehead atoms. The van der Waals surface area contributed by atoms with Crippen molar-refractivity contribution in [3.8, 4) is 0 Å². The molecule has 0 aromatic heterocycles. The molecular formula is C6H7Cl2NO3. The fourth-order valence-electron chi connectivity index (χ4n) is 0.690. The van der Waals surface area contributed by atoms with Crippen molar-refractivity contribution in [1.29, 1.82) is 0 Å². The van der Waals surface area contributed by atoms with Crippen molar-refractivity contribution < 1.29 is 15.4 Å². The minimum absolute atomic E-state index is 0. The highest BCUT2D eigenvalue weighted by atomic mass is 35.5. The molecule has 1 heterocycles. The second-order valence-corrected chi connectivity index (χ2v) is 2.82. The van der Waals surface area contributed by atoms with Gasteiger partial charge in [0.1, 0.15) is 0 Å². The van der Waals surface area contributed by atoms with Gasteiger partial charge in [0, 0.05) is 23.0 Å². The predicted molar refractivity (Wildman–Crippen MR) is 45.8 cm³/mol. The Morgan fingerprint density at radius 1 is 1.67 bits per heavy atom. The SMILES string of the molecule is O.O=C(O)C1C=C(Cl)C=CN1Cl. The number of hydrogen-bond donors (Lipinski definition) is 1. The molecule has 0 fully saturated rings. The van der Waals surface area contributed by atoms with Gasteiger partial charge in [-0.15, -0.1) is 0 Å². The van der Waals surface area contributed by atoms with Crippen LogP contribution >= 0.6 is 23.4 Å². The van der Waals surface area contributed by atoms with Crippen molar-refractivity contribution >= 4 is 29.3 Å². The van der Waals surface area contributed by atoms with E-state index in [0.717, 1.165) is 4.42 Å². The third kappa shape index (κ3) is 2.41. The van der Waals surface area contributed by atoms with E-state index in [1.165, 1.54) is 18.4 Å². The molecule has 1 rings (SSSR count). The van der Waals surface area contributed by atoms with Crippen LogP contribution in [0.4, 0.5) is 0 Å². The van der Waals surface area contributed by atoms with Gasteiger partial charge in [0.15, 0.2) is 6.04 Å². The summed E-state index contributed by atoms with van der Waals surface area (Å²) >= 11 is 11.1. The molecule has 1 unspecified atom stereocenters. The van der Waals surface area contributed by atoms with E-state index in [4.69, 9.17) is 28.5 Å². The summed E-state index contributed by atoms with van der Waals surface area (Å²) in [6.45, 7) is 0. The number of carbonyl (C=O) groups is 1. The molecule has 0 spiro atoms. The van der Waals surface area contributed by atoms with Gasteiger partial charge >= 0.3 is 5.97 Å². The molecule has 68 valence electrons. The fourth-order valence-corrected chi connectivity index (χ4v) is 1.06. The summed E-state index contributed by atoms with van der Waals surface area (Å²) in [7, 11) is 0. The molecule has 0 aliphatic carbocycles. The molecule has 0 aromatic rings. The summed E-state index contributed by atoms with van der Waals surface area (Å²) in [6.07, 6.45) is 4.29. The Hall–Kier alpha value is -0.710. The summed E-state index contributed by atoms with van der Waals surface area (Å²) in [5, 5.41) is 8.95. The van der Waals surface area contributed by atoms with Crippen LogP contribution in [0.15, 0.2) is 23.4 Å². The zero-order valence-electron chi connectivity index (χ0n) is 5.87. The van der Waals surface area contributed by atoms with Crippen LogP contribution < -0.4 is 0 Å². The predicted octanol–water partition coefficient (Wildman–Crippen LogP) is 0.721. The molecule has 4 nitrogen and oxygen atoms in total. The zero-order valence-corrected chi connectivity index (χ0v) is 7.38. The highest BCUT2D eigenvalue weighted by Crippen LogP contribution is 2.18. The first kappa shape index (κ1) is 11.3. The normalized spacial score (nSPS) is 21.3. The molecule has 12 heavy (non-hydrogen) atoms. The number of hydrogen-bond acceptors (Lipinski definition) is 2. The minimum atomic E-state index is -1.03. The molecule has 6 heteroatoms. The van der Waals surface area contributed by atoms with E-state index >= 15 is 0 Å². The van der Waals surface area contributed by atoms with Gasteiger partial charge < -0.3 is 10.6 Å². The average Bonchev–Trinajstić information content (AvgIpc) is 1.94. The molecule has 0 amide bonds. The Kier molecular flexibility index (Phi) is 4.09. The van der Waals surface area contributed by atoms with Gasteiger partial charge in [-0.05, 0) is 12.2 Å². The number of rotatable bonds is 1. The minimum Gasteiger partial charge on any atom is -0.479 e. The number of halogens is 2. The maximum absolute atomic E-state index is 10.4. The van der Waals surface area contributed by atoms with E-state index in [1.54, 1.807) is 0 Å². The summed E-state index contributed by atoms with van der Waals surface area (Å²) in [4.78, 5) is 10.4. The lowest BCUT2D eigenvalue weighted by atomic mass is 10.2. The maximum atomic E-state index is 10.4. The largest absolute Gasteiger partial charge is 0.479 e. The van der Waals surface area contributed by atoms with Crippen LogP contribution in [0.5, 0.6) is 0 Å². The fraction of sp³-hybridized carbons (Fsp3) is 0.167. The van der Waals surface area contributed by atoms with Gasteiger partial charge in [0.05, 0.1) is 0 Å². The molecular weight excluding hydrogens is 205 g/mol. The molecule has 0 saturated carbocycles. The number of carboxylic acid groups (broad SMARTS) is 1. The maximum Gasteiger partial charge on any atom is 0.331 e. The second-order valence-electron chi connectivity index (χ2n) is 1.99. The number of nitrogens with zero attached hydrogens (tertiary/aromatic N) is 1. The van der Waals surface area contributed by atoms with Gasteiger partial charge in [0.2, 0.25) is 0 Å². The van der Waals surface area contributed by atoms with Crippen LogP contribution in [-0.2, 0) is 4.79 Å². The summed E-state index contributed by atoms with van der Waals surface area (Å²) in [5.74, 6) is -1.03. The summed E-state index contributed by atoms with van der Waals surface area (Å²) < 4.78 is 1.05. The highest BCUT2D eigenvalue weighted by Gasteiger charge is 2.22. The quantitative estimate of drug-likeness (QED) is 0.651. The van der Waals surface area contributed by atoms with Gasteiger partial charge in [-0.2, -0.15) is 0 Å². The van der Waals surface area contributed by atoms with Crippen molar-refractivity contribution in [3.05, 3.63) is 23.4 Å². The Balaban J connectivity index is 0.00000121. The van der Waals surface area contributed by atoms with Crippen molar-refractivity contribution in [1.82, 2.24) is 4.42 Å². The first-order chi connectivity index (χ1) is 5.11. The Morgan fingerprint density at radius 2 is 2.25 bits per heavy atom. The van der Waals surface area contributed by atoms with Gasteiger partial charge in [0.25, 0.3) is 0 Å². The second kappa shape index (κ2) is 4.35. The summed E-state index contributed by atoms with van der Waals surface area (Å²) in [5.41, 5.74) is 0. The number of aliphatic carboxylic acids is 1. The lowest BCUT2D eigenvalue weighted by Crippen LogP contribution is -2.31. The lowest BCUT2D eigenvalue weighted by Gasteiger charge is -2.19. The Bertz CT molecular complexity index is 239. The standard InChI is InChI=1S/C6H5Cl2NO2.H2O/c7-4-1-2-9(8)5(3-4)6(10)11;/h1-3,5H,(H,10,11);1H2. The first-order valence-electron chi connectivity index (χ1n) is 2.83. The lowest BCUT2D eigenvalue weighted by molar-refractivity contribution is -0.139. The third-order valence-electron chi connectivity index (χ3n) is 1.21. The first-order valence-corrected chi connectivity index (χ1v) is 3.55. The van der Waals surface area contributed by atoms with E-state index in [2.05, 4.69) is 0 Å². The van der Waals surface area contributed by atoms with Crippen LogP contribution in [0.1, 0.15) is 0 Å². The monoisotopic (exact) mass is 211 g/mol. The molecule has 1 aliphatic rings. The van der Waals surface area contributed by atoms with E-state index in [0.29, 0.717) is 5.03 Å². The van der Waals surface area contributed by atoms with E-state index in [1.807, 2.05) is 0 Å². The van der Waals surface area contributed by atoms with E-state index < -0.39 is 12.0 Å². The van der Waals surface area contributed by atoms with Crippen LogP contribution in [0.2, 0.25) is 0 Å². The van der Waals surface area contributed by atoms with E-state index in [-0.39, 0.29) is 5.48 Å². The van der Waals surface area contributed by atoms with Crippen LogP contribution in [0.25, 0.3) is 0 Å². The van der Waals surface area contributed by atoms with Gasteiger partial charge in [-0.3, -0.25) is 4.42 Å². The van der Waals surface area contributed by atoms with Crippen molar-refractivity contribution in [3.63, 3.8) is 0 Å². The molecule has 1 atom stereocenters. The molecule has 0 radical (unpaired) electrons. The van der Waals surface area contributed by atoms with Crippen LogP contribution in [0.3, 0.4) is 0 Å². The number of carboxylic acids is 1. The van der Waals surface area contributed by atoms with Crippen LogP contribution in [-0.4, -0.2) is 27.0 Å².